The van der Waals surface area contributed by atoms with Crippen LogP contribution in [0.3, 0.4) is 0 Å². The zero-order chi connectivity index (χ0) is 9.73. The monoisotopic (exact) mass is 177 g/mol. The number of rotatable bonds is 4. The van der Waals surface area contributed by atoms with Crippen LogP contribution >= 0.6 is 0 Å². The molecule has 1 unspecified atom stereocenters. The lowest BCUT2D eigenvalue weighted by Gasteiger charge is -2.20. The van der Waals surface area contributed by atoms with Crippen molar-refractivity contribution in [3.63, 3.8) is 0 Å². The first-order chi connectivity index (χ1) is 6.14. The fourth-order valence-corrected chi connectivity index (χ4v) is 1.18. The lowest BCUT2D eigenvalue weighted by Crippen LogP contribution is -2.23. The number of benzene rings is 1. The highest BCUT2D eigenvalue weighted by atomic mass is 16.3. The fourth-order valence-electron chi connectivity index (χ4n) is 1.18. The summed E-state index contributed by atoms with van der Waals surface area (Å²) in [6.07, 6.45) is 2.27. The predicted octanol–water partition coefficient (Wildman–Crippen LogP) is 2.59. The van der Waals surface area contributed by atoms with Crippen molar-refractivity contribution in [3.05, 3.63) is 42.8 Å². The second-order valence-corrected chi connectivity index (χ2v) is 3.73. The summed E-state index contributed by atoms with van der Waals surface area (Å²) >= 11 is 0. The Labute approximate surface area is 80.4 Å². The SMILES string of the molecule is [CH2]CC(C)(O)CCc1ccccc1. The summed E-state index contributed by atoms with van der Waals surface area (Å²) in [6.45, 7) is 5.56. The molecule has 0 saturated heterocycles. The Morgan fingerprint density at radius 1 is 1.31 bits per heavy atom. The molecule has 13 heavy (non-hydrogen) atoms. The fraction of sp³-hybridized carbons (Fsp3) is 0.417. The van der Waals surface area contributed by atoms with Gasteiger partial charge in [0.2, 0.25) is 0 Å². The molecule has 0 heterocycles. The molecule has 1 aromatic carbocycles. The van der Waals surface area contributed by atoms with E-state index in [4.69, 9.17) is 0 Å². The van der Waals surface area contributed by atoms with Gasteiger partial charge in [0.1, 0.15) is 0 Å². The molecule has 1 N–H and O–H groups in total. The second kappa shape index (κ2) is 4.43. The van der Waals surface area contributed by atoms with Crippen molar-refractivity contribution in [2.75, 3.05) is 0 Å². The minimum absolute atomic E-state index is 0.569. The molecule has 0 aliphatic rings. The van der Waals surface area contributed by atoms with Gasteiger partial charge in [-0.15, -0.1) is 0 Å². The van der Waals surface area contributed by atoms with Gasteiger partial charge in [-0.1, -0.05) is 37.3 Å². The average molecular weight is 177 g/mol. The minimum atomic E-state index is -0.615. The van der Waals surface area contributed by atoms with Crippen molar-refractivity contribution in [2.45, 2.75) is 31.8 Å². The van der Waals surface area contributed by atoms with E-state index in [9.17, 15) is 5.11 Å². The van der Waals surface area contributed by atoms with E-state index in [-0.39, 0.29) is 0 Å². The molecule has 0 aliphatic heterocycles. The second-order valence-electron chi connectivity index (χ2n) is 3.73. The molecule has 0 fully saturated rings. The van der Waals surface area contributed by atoms with Gasteiger partial charge in [-0.25, -0.2) is 0 Å². The summed E-state index contributed by atoms with van der Waals surface area (Å²) in [5.74, 6) is 0. The molecular weight excluding hydrogens is 160 g/mol. The van der Waals surface area contributed by atoms with Gasteiger partial charge in [0, 0.05) is 0 Å². The molecule has 71 valence electrons. The third kappa shape index (κ3) is 3.60. The third-order valence-electron chi connectivity index (χ3n) is 2.33. The quantitative estimate of drug-likeness (QED) is 0.749. The summed E-state index contributed by atoms with van der Waals surface area (Å²) in [5, 5.41) is 9.72. The molecule has 1 heteroatoms. The average Bonchev–Trinajstić information content (AvgIpc) is 2.17. The zero-order valence-electron chi connectivity index (χ0n) is 8.16. The molecular formula is C12H17O. The van der Waals surface area contributed by atoms with E-state index >= 15 is 0 Å². The molecule has 1 nitrogen and oxygen atoms in total. The van der Waals surface area contributed by atoms with Gasteiger partial charge in [-0.2, -0.15) is 0 Å². The Morgan fingerprint density at radius 2 is 1.92 bits per heavy atom. The maximum Gasteiger partial charge on any atom is 0.0623 e. The van der Waals surface area contributed by atoms with Crippen LogP contribution in [-0.2, 0) is 6.42 Å². The van der Waals surface area contributed by atoms with Gasteiger partial charge in [-0.05, 0) is 31.7 Å². The van der Waals surface area contributed by atoms with Crippen LogP contribution in [-0.4, -0.2) is 10.7 Å². The van der Waals surface area contributed by atoms with Crippen LogP contribution in [0.25, 0.3) is 0 Å². The largest absolute Gasteiger partial charge is 0.390 e. The van der Waals surface area contributed by atoms with E-state index in [0.717, 1.165) is 12.8 Å². The van der Waals surface area contributed by atoms with Gasteiger partial charge in [0.15, 0.2) is 0 Å². The van der Waals surface area contributed by atoms with E-state index < -0.39 is 5.60 Å². The van der Waals surface area contributed by atoms with Crippen molar-refractivity contribution in [3.8, 4) is 0 Å². The molecule has 1 atom stereocenters. The van der Waals surface area contributed by atoms with E-state index in [1.807, 2.05) is 25.1 Å². The van der Waals surface area contributed by atoms with Gasteiger partial charge in [0.25, 0.3) is 0 Å². The maximum absolute atomic E-state index is 9.72. The number of hydrogen-bond donors (Lipinski definition) is 1. The van der Waals surface area contributed by atoms with E-state index in [2.05, 4.69) is 19.1 Å². The van der Waals surface area contributed by atoms with Crippen LogP contribution in [0, 0.1) is 6.92 Å². The number of aliphatic hydroxyl groups is 1. The standard InChI is InChI=1S/C12H17O/c1-3-12(2,13)10-9-11-7-5-4-6-8-11/h4-8,13H,1,3,9-10H2,2H3. The molecule has 0 aromatic heterocycles. The molecule has 0 spiro atoms. The van der Waals surface area contributed by atoms with Crippen LogP contribution in [0.2, 0.25) is 0 Å². The Bertz CT molecular complexity index is 239. The van der Waals surface area contributed by atoms with Gasteiger partial charge < -0.3 is 5.11 Å². The van der Waals surface area contributed by atoms with Gasteiger partial charge in [0.05, 0.1) is 5.60 Å². The minimum Gasteiger partial charge on any atom is -0.390 e. The Balaban J connectivity index is 2.44. The highest BCUT2D eigenvalue weighted by Gasteiger charge is 2.16. The van der Waals surface area contributed by atoms with Crippen LogP contribution < -0.4 is 0 Å². The Morgan fingerprint density at radius 3 is 2.46 bits per heavy atom. The van der Waals surface area contributed by atoms with Crippen LogP contribution in [0.15, 0.2) is 30.3 Å². The molecule has 1 rings (SSSR count). The normalized spacial score (nSPS) is 15.3. The molecule has 1 aromatic rings. The highest BCUT2D eigenvalue weighted by molar-refractivity contribution is 5.14. The molecule has 1 radical (unpaired) electrons. The van der Waals surface area contributed by atoms with Crippen LogP contribution in [0.4, 0.5) is 0 Å². The molecule has 0 amide bonds. The van der Waals surface area contributed by atoms with Crippen molar-refractivity contribution >= 4 is 0 Å². The predicted molar refractivity (Wildman–Crippen MR) is 55.4 cm³/mol. The summed E-state index contributed by atoms with van der Waals surface area (Å²) in [6, 6.07) is 10.2. The molecule has 0 saturated carbocycles. The van der Waals surface area contributed by atoms with Gasteiger partial charge in [-0.3, -0.25) is 0 Å². The first kappa shape index (κ1) is 10.3. The van der Waals surface area contributed by atoms with Crippen molar-refractivity contribution in [1.82, 2.24) is 0 Å². The van der Waals surface area contributed by atoms with E-state index in [0.29, 0.717) is 6.42 Å². The Kier molecular flexibility index (Phi) is 3.49. The molecule has 0 bridgehead atoms. The van der Waals surface area contributed by atoms with E-state index in [1.165, 1.54) is 5.56 Å². The smallest absolute Gasteiger partial charge is 0.0623 e. The number of aryl methyl sites for hydroxylation is 1. The molecule has 0 aliphatic carbocycles. The highest BCUT2D eigenvalue weighted by Crippen LogP contribution is 2.16. The van der Waals surface area contributed by atoms with Crippen molar-refractivity contribution < 1.29 is 5.11 Å². The van der Waals surface area contributed by atoms with Gasteiger partial charge >= 0.3 is 0 Å². The first-order valence-corrected chi connectivity index (χ1v) is 4.69. The summed E-state index contributed by atoms with van der Waals surface area (Å²) in [7, 11) is 0. The van der Waals surface area contributed by atoms with Crippen molar-refractivity contribution in [2.24, 2.45) is 0 Å². The maximum atomic E-state index is 9.72. The lowest BCUT2D eigenvalue weighted by molar-refractivity contribution is 0.0536. The third-order valence-corrected chi connectivity index (χ3v) is 2.33. The van der Waals surface area contributed by atoms with Crippen LogP contribution in [0.1, 0.15) is 25.3 Å². The summed E-state index contributed by atoms with van der Waals surface area (Å²) < 4.78 is 0. The zero-order valence-corrected chi connectivity index (χ0v) is 8.16. The van der Waals surface area contributed by atoms with Crippen molar-refractivity contribution in [1.29, 1.82) is 0 Å². The summed E-state index contributed by atoms with van der Waals surface area (Å²) in [4.78, 5) is 0. The van der Waals surface area contributed by atoms with E-state index in [1.54, 1.807) is 0 Å². The topological polar surface area (TPSA) is 20.2 Å². The Hall–Kier alpha value is -0.820. The lowest BCUT2D eigenvalue weighted by atomic mass is 9.95. The van der Waals surface area contributed by atoms with Crippen LogP contribution in [0.5, 0.6) is 0 Å². The first-order valence-electron chi connectivity index (χ1n) is 4.69. The number of hydrogen-bond acceptors (Lipinski definition) is 1. The summed E-state index contributed by atoms with van der Waals surface area (Å²) in [5.41, 5.74) is 0.659.